The van der Waals surface area contributed by atoms with Crippen molar-refractivity contribution in [3.8, 4) is 22.0 Å². The van der Waals surface area contributed by atoms with Crippen molar-refractivity contribution in [2.24, 2.45) is 0 Å². The minimum atomic E-state index is 0.0111. The Labute approximate surface area is 184 Å². The van der Waals surface area contributed by atoms with E-state index >= 15 is 0 Å². The Hall–Kier alpha value is -3.26. The Morgan fingerprint density at radius 2 is 1.90 bits per heavy atom. The number of oxazole rings is 1. The largest absolute Gasteiger partial charge is 0.441 e. The maximum Gasteiger partial charge on any atom is 0.226 e. The molecule has 0 fully saturated rings. The standard InChI is InChI=1S/C23H24N4O3S/c28-20(12-13-21-25-16-18(29-21)17-8-3-1-4-9-17)24-14-6-2-5-11-22-26-23(27-30-22)19-10-7-15-31-19/h1,3-4,7-10,15-16H,2,5-6,11-14H2,(H,24,28). The summed E-state index contributed by atoms with van der Waals surface area (Å²) in [5.74, 6) is 2.62. The number of hydrogen-bond donors (Lipinski definition) is 1. The second kappa shape index (κ2) is 10.7. The molecular weight excluding hydrogens is 412 g/mol. The lowest BCUT2D eigenvalue weighted by Crippen LogP contribution is -2.24. The maximum absolute atomic E-state index is 12.0. The van der Waals surface area contributed by atoms with Gasteiger partial charge in [-0.15, -0.1) is 11.3 Å². The summed E-state index contributed by atoms with van der Waals surface area (Å²) in [4.78, 5) is 21.7. The van der Waals surface area contributed by atoms with Crippen LogP contribution in [0.3, 0.4) is 0 Å². The van der Waals surface area contributed by atoms with Crippen LogP contribution >= 0.6 is 11.3 Å². The van der Waals surface area contributed by atoms with E-state index in [2.05, 4.69) is 20.4 Å². The topological polar surface area (TPSA) is 94.1 Å². The van der Waals surface area contributed by atoms with Crippen molar-refractivity contribution < 1.29 is 13.7 Å². The van der Waals surface area contributed by atoms with Crippen molar-refractivity contribution in [1.82, 2.24) is 20.4 Å². The molecule has 3 aromatic heterocycles. The molecule has 0 unspecified atom stereocenters. The van der Waals surface area contributed by atoms with Crippen LogP contribution in [0.1, 0.15) is 37.5 Å². The number of unbranched alkanes of at least 4 members (excludes halogenated alkanes) is 2. The summed E-state index contributed by atoms with van der Waals surface area (Å²) in [6.45, 7) is 0.657. The van der Waals surface area contributed by atoms with Crippen LogP contribution in [0.2, 0.25) is 0 Å². The number of rotatable bonds is 11. The van der Waals surface area contributed by atoms with Crippen LogP contribution in [0.4, 0.5) is 0 Å². The van der Waals surface area contributed by atoms with E-state index in [0.717, 1.165) is 41.9 Å². The zero-order valence-electron chi connectivity index (χ0n) is 17.1. The number of amides is 1. The summed E-state index contributed by atoms with van der Waals surface area (Å²) >= 11 is 1.59. The lowest BCUT2D eigenvalue weighted by Gasteiger charge is -2.04. The lowest BCUT2D eigenvalue weighted by molar-refractivity contribution is -0.121. The van der Waals surface area contributed by atoms with E-state index in [1.54, 1.807) is 17.5 Å². The first-order valence-corrected chi connectivity index (χ1v) is 11.3. The van der Waals surface area contributed by atoms with Gasteiger partial charge in [-0.3, -0.25) is 4.79 Å². The molecule has 1 N–H and O–H groups in total. The Kier molecular flexibility index (Phi) is 7.23. The number of carbonyl (C=O) groups is 1. The predicted octanol–water partition coefficient (Wildman–Crippen LogP) is 4.91. The average Bonchev–Trinajstić information content (AvgIpc) is 3.56. The van der Waals surface area contributed by atoms with E-state index in [1.807, 2.05) is 47.8 Å². The van der Waals surface area contributed by atoms with Gasteiger partial charge in [-0.1, -0.05) is 48.0 Å². The van der Waals surface area contributed by atoms with Crippen molar-refractivity contribution in [2.75, 3.05) is 6.54 Å². The second-order valence-corrected chi connectivity index (χ2v) is 8.08. The summed E-state index contributed by atoms with van der Waals surface area (Å²) in [6, 6.07) is 13.8. The molecule has 3 heterocycles. The van der Waals surface area contributed by atoms with Crippen molar-refractivity contribution in [1.29, 1.82) is 0 Å². The number of aromatic nitrogens is 3. The fourth-order valence-electron chi connectivity index (χ4n) is 3.14. The Morgan fingerprint density at radius 3 is 2.74 bits per heavy atom. The van der Waals surface area contributed by atoms with Gasteiger partial charge in [0.25, 0.3) is 0 Å². The van der Waals surface area contributed by atoms with E-state index in [4.69, 9.17) is 8.94 Å². The molecule has 4 rings (SSSR count). The molecule has 0 saturated carbocycles. The van der Waals surface area contributed by atoms with Crippen molar-refractivity contribution in [3.05, 3.63) is 65.8 Å². The van der Waals surface area contributed by atoms with E-state index in [1.165, 1.54) is 0 Å². The van der Waals surface area contributed by atoms with Gasteiger partial charge >= 0.3 is 0 Å². The van der Waals surface area contributed by atoms with E-state index < -0.39 is 0 Å². The minimum Gasteiger partial charge on any atom is -0.441 e. The maximum atomic E-state index is 12.0. The van der Waals surface area contributed by atoms with E-state index in [-0.39, 0.29) is 5.91 Å². The van der Waals surface area contributed by atoms with Gasteiger partial charge in [0.15, 0.2) is 11.7 Å². The Bertz CT molecular complexity index is 1070. The SMILES string of the molecule is O=C(CCc1ncc(-c2ccccc2)o1)NCCCCCc1nc(-c2cccs2)no1. The third-order valence-electron chi connectivity index (χ3n) is 4.78. The minimum absolute atomic E-state index is 0.0111. The quantitative estimate of drug-likeness (QED) is 0.336. The Balaban J connectivity index is 1.08. The van der Waals surface area contributed by atoms with Crippen LogP contribution in [0.15, 0.2) is 63.0 Å². The van der Waals surface area contributed by atoms with Gasteiger partial charge in [0.1, 0.15) is 0 Å². The number of thiophene rings is 1. The first-order chi connectivity index (χ1) is 15.3. The fourth-order valence-corrected chi connectivity index (χ4v) is 3.79. The fraction of sp³-hybridized carbons (Fsp3) is 0.304. The van der Waals surface area contributed by atoms with Crippen molar-refractivity contribution >= 4 is 17.2 Å². The van der Waals surface area contributed by atoms with Crippen LogP contribution in [-0.2, 0) is 17.6 Å². The van der Waals surface area contributed by atoms with Crippen LogP contribution in [0.5, 0.6) is 0 Å². The lowest BCUT2D eigenvalue weighted by atomic mass is 10.2. The molecule has 0 aliphatic heterocycles. The number of nitrogens with zero attached hydrogens (tertiary/aromatic N) is 3. The summed E-state index contributed by atoms with van der Waals surface area (Å²) in [7, 11) is 0. The first-order valence-electron chi connectivity index (χ1n) is 10.4. The highest BCUT2D eigenvalue weighted by Crippen LogP contribution is 2.22. The molecule has 0 aliphatic rings. The summed E-state index contributed by atoms with van der Waals surface area (Å²) in [5.41, 5.74) is 0.981. The van der Waals surface area contributed by atoms with Crippen LogP contribution < -0.4 is 5.32 Å². The molecule has 160 valence electrons. The smallest absolute Gasteiger partial charge is 0.226 e. The molecule has 0 atom stereocenters. The molecule has 1 amide bonds. The third-order valence-corrected chi connectivity index (χ3v) is 5.64. The van der Waals surface area contributed by atoms with Crippen LogP contribution in [-0.4, -0.2) is 27.6 Å². The van der Waals surface area contributed by atoms with E-state index in [0.29, 0.717) is 37.0 Å². The highest BCUT2D eigenvalue weighted by molar-refractivity contribution is 7.13. The van der Waals surface area contributed by atoms with Gasteiger partial charge in [-0.2, -0.15) is 4.98 Å². The molecular formula is C23H24N4O3S. The summed E-state index contributed by atoms with van der Waals surface area (Å²) < 4.78 is 11.0. The number of hydrogen-bond acceptors (Lipinski definition) is 7. The highest BCUT2D eigenvalue weighted by atomic mass is 32.1. The molecule has 8 heteroatoms. The second-order valence-electron chi connectivity index (χ2n) is 7.13. The molecule has 0 radical (unpaired) electrons. The molecule has 0 spiro atoms. The number of benzene rings is 1. The average molecular weight is 437 g/mol. The van der Waals surface area contributed by atoms with Gasteiger partial charge in [-0.25, -0.2) is 4.98 Å². The first kappa shape index (κ1) is 21.0. The predicted molar refractivity (Wildman–Crippen MR) is 118 cm³/mol. The molecule has 0 bridgehead atoms. The normalized spacial score (nSPS) is 11.0. The molecule has 0 saturated heterocycles. The van der Waals surface area contributed by atoms with Gasteiger partial charge in [0.2, 0.25) is 17.6 Å². The van der Waals surface area contributed by atoms with Gasteiger partial charge < -0.3 is 14.3 Å². The molecule has 4 aromatic rings. The van der Waals surface area contributed by atoms with Gasteiger partial charge in [0.05, 0.1) is 11.1 Å². The third kappa shape index (κ3) is 6.11. The van der Waals surface area contributed by atoms with Crippen molar-refractivity contribution in [3.63, 3.8) is 0 Å². The zero-order valence-corrected chi connectivity index (χ0v) is 17.9. The highest BCUT2D eigenvalue weighted by Gasteiger charge is 2.10. The van der Waals surface area contributed by atoms with Crippen molar-refractivity contribution in [2.45, 2.75) is 38.5 Å². The van der Waals surface area contributed by atoms with Gasteiger partial charge in [-0.05, 0) is 24.3 Å². The van der Waals surface area contributed by atoms with E-state index in [9.17, 15) is 4.79 Å². The molecule has 1 aromatic carbocycles. The Morgan fingerprint density at radius 1 is 1.00 bits per heavy atom. The van der Waals surface area contributed by atoms with Crippen LogP contribution in [0.25, 0.3) is 22.0 Å². The number of aryl methyl sites for hydroxylation is 2. The molecule has 7 nitrogen and oxygen atoms in total. The summed E-state index contributed by atoms with van der Waals surface area (Å²) in [5, 5.41) is 8.96. The number of carbonyl (C=O) groups excluding carboxylic acids is 1. The van der Waals surface area contributed by atoms with Gasteiger partial charge in [0, 0.05) is 31.4 Å². The zero-order chi connectivity index (χ0) is 21.3. The number of nitrogens with one attached hydrogen (secondary N) is 1. The summed E-state index contributed by atoms with van der Waals surface area (Å²) in [6.07, 6.45) is 6.15. The monoisotopic (exact) mass is 436 g/mol. The molecule has 31 heavy (non-hydrogen) atoms. The molecule has 0 aliphatic carbocycles. The van der Waals surface area contributed by atoms with Crippen LogP contribution in [0, 0.1) is 0 Å².